The first kappa shape index (κ1) is 11.6. The maximum absolute atomic E-state index is 11.5. The van der Waals surface area contributed by atoms with Crippen LogP contribution in [-0.4, -0.2) is 54.8 Å². The predicted molar refractivity (Wildman–Crippen MR) is 53.0 cm³/mol. The van der Waals surface area contributed by atoms with Crippen molar-refractivity contribution in [1.82, 2.24) is 15.1 Å². The van der Waals surface area contributed by atoms with Gasteiger partial charge in [-0.25, -0.2) is 4.79 Å². The largest absolute Gasteiger partial charge is 0.333 e. The quantitative estimate of drug-likeness (QED) is 0.493. The first-order valence-electron chi connectivity index (χ1n) is 4.77. The van der Waals surface area contributed by atoms with Gasteiger partial charge in [0.15, 0.2) is 0 Å². The highest BCUT2D eigenvalue weighted by molar-refractivity contribution is 6.44. The van der Waals surface area contributed by atoms with Crippen LogP contribution < -0.4 is 5.32 Å². The number of nitrogens with zero attached hydrogens (tertiary/aromatic N) is 2. The third kappa shape index (κ3) is 2.15. The van der Waals surface area contributed by atoms with Crippen molar-refractivity contribution in [1.29, 1.82) is 0 Å². The molecule has 1 N–H and O–H groups in total. The van der Waals surface area contributed by atoms with E-state index in [1.165, 1.54) is 7.05 Å². The first-order chi connectivity index (χ1) is 6.99. The second-order valence-corrected chi connectivity index (χ2v) is 3.73. The molecule has 0 aliphatic carbocycles. The van der Waals surface area contributed by atoms with Crippen molar-refractivity contribution in [2.45, 2.75) is 6.92 Å². The van der Waals surface area contributed by atoms with E-state index in [9.17, 15) is 14.4 Å². The fraction of sp³-hybridized carbons (Fsp3) is 0.667. The van der Waals surface area contributed by atoms with Crippen LogP contribution in [0.4, 0.5) is 4.79 Å². The Morgan fingerprint density at radius 3 is 2.27 bits per heavy atom. The van der Waals surface area contributed by atoms with E-state index in [1.807, 2.05) is 6.92 Å². The molecule has 1 heterocycles. The van der Waals surface area contributed by atoms with Crippen LogP contribution >= 0.6 is 0 Å². The molecule has 0 aromatic rings. The molecule has 1 rings (SSSR count). The van der Waals surface area contributed by atoms with Crippen molar-refractivity contribution in [3.05, 3.63) is 0 Å². The van der Waals surface area contributed by atoms with Crippen LogP contribution in [0.25, 0.3) is 0 Å². The monoisotopic (exact) mass is 213 g/mol. The molecular weight excluding hydrogens is 198 g/mol. The molecule has 0 bridgehead atoms. The van der Waals surface area contributed by atoms with Crippen LogP contribution in [0.2, 0.25) is 0 Å². The third-order valence-corrected chi connectivity index (χ3v) is 2.30. The standard InChI is InChI=1S/C9H15N3O3/c1-6(4-10-2)5-12-8(14)7(13)11(3)9(12)15/h6,10H,4-5H2,1-3H3. The molecule has 0 saturated carbocycles. The molecular formula is C9H15N3O3. The Labute approximate surface area is 88.2 Å². The lowest BCUT2D eigenvalue weighted by Crippen LogP contribution is -2.37. The Morgan fingerprint density at radius 2 is 1.87 bits per heavy atom. The first-order valence-corrected chi connectivity index (χ1v) is 4.77. The smallest absolute Gasteiger partial charge is 0.319 e. The molecule has 1 aliphatic rings. The Bertz CT molecular complexity index is 303. The minimum Gasteiger partial charge on any atom is -0.319 e. The summed E-state index contributed by atoms with van der Waals surface area (Å²) in [6.45, 7) is 2.86. The molecule has 1 aliphatic heterocycles. The molecule has 1 atom stereocenters. The van der Waals surface area contributed by atoms with E-state index >= 15 is 0 Å². The van der Waals surface area contributed by atoms with Gasteiger partial charge < -0.3 is 5.32 Å². The molecule has 84 valence electrons. The lowest BCUT2D eigenvalue weighted by molar-refractivity contribution is -0.143. The van der Waals surface area contributed by atoms with Gasteiger partial charge in [-0.05, 0) is 19.5 Å². The van der Waals surface area contributed by atoms with E-state index < -0.39 is 17.8 Å². The molecule has 1 fully saturated rings. The summed E-state index contributed by atoms with van der Waals surface area (Å²) < 4.78 is 0. The van der Waals surface area contributed by atoms with E-state index in [1.54, 1.807) is 7.05 Å². The molecule has 1 saturated heterocycles. The van der Waals surface area contributed by atoms with Gasteiger partial charge in [-0.1, -0.05) is 6.92 Å². The van der Waals surface area contributed by atoms with Crippen LogP contribution in [0, 0.1) is 5.92 Å². The fourth-order valence-electron chi connectivity index (χ4n) is 1.50. The molecule has 0 radical (unpaired) electrons. The van der Waals surface area contributed by atoms with Gasteiger partial charge in [0.2, 0.25) is 0 Å². The van der Waals surface area contributed by atoms with Gasteiger partial charge in [0.05, 0.1) is 0 Å². The normalized spacial score (nSPS) is 19.0. The van der Waals surface area contributed by atoms with Gasteiger partial charge in [-0.2, -0.15) is 0 Å². The predicted octanol–water partition coefficient (Wildman–Crippen LogP) is -0.737. The zero-order valence-electron chi connectivity index (χ0n) is 9.11. The van der Waals surface area contributed by atoms with Gasteiger partial charge >= 0.3 is 17.8 Å². The Morgan fingerprint density at radius 1 is 1.27 bits per heavy atom. The number of hydrogen-bond acceptors (Lipinski definition) is 4. The van der Waals surface area contributed by atoms with Gasteiger partial charge in [-0.3, -0.25) is 19.4 Å². The second kappa shape index (κ2) is 4.39. The van der Waals surface area contributed by atoms with Crippen molar-refractivity contribution in [3.63, 3.8) is 0 Å². The number of urea groups is 1. The van der Waals surface area contributed by atoms with E-state index in [0.717, 1.165) is 9.80 Å². The van der Waals surface area contributed by atoms with Crippen LogP contribution in [0.1, 0.15) is 6.92 Å². The zero-order valence-corrected chi connectivity index (χ0v) is 9.11. The Hall–Kier alpha value is -1.43. The molecule has 4 amide bonds. The summed E-state index contributed by atoms with van der Waals surface area (Å²) in [7, 11) is 3.10. The topological polar surface area (TPSA) is 69.7 Å². The van der Waals surface area contributed by atoms with Crippen LogP contribution in [0.3, 0.4) is 0 Å². The number of carbonyl (C=O) groups is 3. The summed E-state index contributed by atoms with van der Waals surface area (Å²) in [5.74, 6) is -1.36. The zero-order chi connectivity index (χ0) is 11.6. The SMILES string of the molecule is CNCC(C)CN1C(=O)C(=O)N(C)C1=O. The fourth-order valence-corrected chi connectivity index (χ4v) is 1.50. The van der Waals surface area contributed by atoms with Crippen LogP contribution in [0.15, 0.2) is 0 Å². The van der Waals surface area contributed by atoms with Crippen molar-refractivity contribution < 1.29 is 14.4 Å². The number of rotatable bonds is 4. The lowest BCUT2D eigenvalue weighted by atomic mass is 10.1. The molecule has 0 aromatic heterocycles. The van der Waals surface area contributed by atoms with E-state index in [-0.39, 0.29) is 12.5 Å². The number of imide groups is 2. The summed E-state index contributed by atoms with van der Waals surface area (Å²) in [4.78, 5) is 35.8. The highest BCUT2D eigenvalue weighted by atomic mass is 16.2. The molecule has 1 unspecified atom stereocenters. The van der Waals surface area contributed by atoms with Crippen molar-refractivity contribution in [3.8, 4) is 0 Å². The Balaban J connectivity index is 2.67. The van der Waals surface area contributed by atoms with Gasteiger partial charge in [-0.15, -0.1) is 0 Å². The van der Waals surface area contributed by atoms with Crippen LogP contribution in [0.5, 0.6) is 0 Å². The van der Waals surface area contributed by atoms with Gasteiger partial charge in [0.1, 0.15) is 0 Å². The number of hydrogen-bond donors (Lipinski definition) is 1. The molecule has 0 spiro atoms. The summed E-state index contributed by atoms with van der Waals surface area (Å²) in [6.07, 6.45) is 0. The number of nitrogens with one attached hydrogen (secondary N) is 1. The van der Waals surface area contributed by atoms with Crippen molar-refractivity contribution in [2.75, 3.05) is 27.2 Å². The van der Waals surface area contributed by atoms with Crippen molar-refractivity contribution >= 4 is 17.8 Å². The molecule has 0 aromatic carbocycles. The average molecular weight is 213 g/mol. The van der Waals surface area contributed by atoms with Crippen LogP contribution in [-0.2, 0) is 9.59 Å². The van der Waals surface area contributed by atoms with E-state index in [2.05, 4.69) is 5.32 Å². The van der Waals surface area contributed by atoms with Crippen molar-refractivity contribution in [2.24, 2.45) is 5.92 Å². The van der Waals surface area contributed by atoms with Gasteiger partial charge in [0, 0.05) is 13.6 Å². The Kier molecular flexibility index (Phi) is 3.41. The highest BCUT2D eigenvalue weighted by Crippen LogP contribution is 2.11. The third-order valence-electron chi connectivity index (χ3n) is 2.30. The molecule has 6 heteroatoms. The second-order valence-electron chi connectivity index (χ2n) is 3.73. The summed E-state index contributed by atoms with van der Waals surface area (Å²) >= 11 is 0. The highest BCUT2D eigenvalue weighted by Gasteiger charge is 2.42. The maximum atomic E-state index is 11.5. The van der Waals surface area contributed by atoms with E-state index in [0.29, 0.717) is 6.54 Å². The minimum atomic E-state index is -0.753. The number of likely N-dealkylation sites (N-methyl/N-ethyl adjacent to an activating group) is 1. The summed E-state index contributed by atoms with van der Waals surface area (Å²) in [5.41, 5.74) is 0. The van der Waals surface area contributed by atoms with E-state index in [4.69, 9.17) is 0 Å². The summed E-state index contributed by atoms with van der Waals surface area (Å²) in [5, 5.41) is 2.95. The molecule has 15 heavy (non-hydrogen) atoms. The molecule has 6 nitrogen and oxygen atoms in total. The number of amides is 4. The average Bonchev–Trinajstić information content (AvgIpc) is 2.36. The number of carbonyl (C=O) groups excluding carboxylic acids is 3. The maximum Gasteiger partial charge on any atom is 0.333 e. The van der Waals surface area contributed by atoms with Gasteiger partial charge in [0.25, 0.3) is 0 Å². The minimum absolute atomic E-state index is 0.127. The summed E-state index contributed by atoms with van der Waals surface area (Å²) in [6, 6.07) is -0.534. The lowest BCUT2D eigenvalue weighted by Gasteiger charge is -2.17.